The van der Waals surface area contributed by atoms with Gasteiger partial charge in [-0.05, 0) is 84.0 Å². The van der Waals surface area contributed by atoms with E-state index in [0.29, 0.717) is 15.6 Å². The highest BCUT2D eigenvalue weighted by atomic mass is 79.9. The summed E-state index contributed by atoms with van der Waals surface area (Å²) in [5, 5.41) is 0. The average Bonchev–Trinajstić information content (AvgIpc) is 3.31. The molecule has 0 aromatic heterocycles. The van der Waals surface area contributed by atoms with E-state index in [-0.39, 0.29) is 17.7 Å². The van der Waals surface area contributed by atoms with E-state index in [1.807, 2.05) is 60.7 Å². The SMILES string of the molecule is C=C(c1ccccc1)c1ccc(F)c(Br)c1.NC1=NC(c2ccccc2)(c2ccc(F)c(Br)c2)CO1. The van der Waals surface area contributed by atoms with Gasteiger partial charge in [0, 0.05) is 0 Å². The van der Waals surface area contributed by atoms with Crippen molar-refractivity contribution >= 4 is 43.5 Å². The molecule has 1 unspecified atom stereocenters. The number of hydrogen-bond acceptors (Lipinski definition) is 3. The lowest BCUT2D eigenvalue weighted by Gasteiger charge is -2.25. The van der Waals surface area contributed by atoms with Gasteiger partial charge < -0.3 is 10.5 Å². The molecule has 0 fully saturated rings. The highest BCUT2D eigenvalue weighted by Gasteiger charge is 2.40. The first kappa shape index (κ1) is 25.8. The summed E-state index contributed by atoms with van der Waals surface area (Å²) >= 11 is 6.38. The Balaban J connectivity index is 0.000000174. The van der Waals surface area contributed by atoms with Crippen LogP contribution in [-0.4, -0.2) is 12.6 Å². The number of ether oxygens (including phenoxy) is 1. The quantitative estimate of drug-likeness (QED) is 0.256. The van der Waals surface area contributed by atoms with Gasteiger partial charge in [0.15, 0.2) is 5.54 Å². The standard InChI is InChI=1S/C15H12BrFN2O.C14H10BrF/c16-12-8-11(6-7-13(12)17)15(9-20-14(18)19-15)10-4-2-1-3-5-10;1-10(11-5-3-2-4-6-11)12-7-8-14(16)13(15)9-12/h1-8H,9H2,(H2,18,19);2-9H,1H2. The van der Waals surface area contributed by atoms with Crippen LogP contribution in [0.5, 0.6) is 0 Å². The largest absolute Gasteiger partial charge is 0.462 e. The van der Waals surface area contributed by atoms with Crippen molar-refractivity contribution in [2.45, 2.75) is 5.54 Å². The molecule has 1 atom stereocenters. The molecule has 5 rings (SSSR count). The highest BCUT2D eigenvalue weighted by Crippen LogP contribution is 2.38. The van der Waals surface area contributed by atoms with Gasteiger partial charge in [-0.15, -0.1) is 0 Å². The summed E-state index contributed by atoms with van der Waals surface area (Å²) in [5.41, 5.74) is 9.61. The van der Waals surface area contributed by atoms with E-state index >= 15 is 0 Å². The third-order valence-electron chi connectivity index (χ3n) is 5.77. The maximum Gasteiger partial charge on any atom is 0.283 e. The Kier molecular flexibility index (Phi) is 8.01. The Morgan fingerprint density at radius 2 is 1.36 bits per heavy atom. The molecule has 0 spiro atoms. The van der Waals surface area contributed by atoms with Crippen LogP contribution in [0.1, 0.15) is 22.3 Å². The molecule has 36 heavy (non-hydrogen) atoms. The molecule has 3 nitrogen and oxygen atoms in total. The summed E-state index contributed by atoms with van der Waals surface area (Å²) in [6, 6.07) is 29.4. The van der Waals surface area contributed by atoms with E-state index in [1.54, 1.807) is 24.3 Å². The molecular formula is C29H22Br2F2N2O. The monoisotopic (exact) mass is 610 g/mol. The lowest BCUT2D eigenvalue weighted by Crippen LogP contribution is -2.27. The first-order valence-electron chi connectivity index (χ1n) is 11.0. The Labute approximate surface area is 225 Å². The number of nitrogens with zero attached hydrogens (tertiary/aromatic N) is 1. The van der Waals surface area contributed by atoms with Crippen LogP contribution in [0.2, 0.25) is 0 Å². The van der Waals surface area contributed by atoms with E-state index in [0.717, 1.165) is 27.8 Å². The second kappa shape index (κ2) is 11.2. The van der Waals surface area contributed by atoms with E-state index in [4.69, 9.17) is 10.5 Å². The lowest BCUT2D eigenvalue weighted by atomic mass is 9.84. The van der Waals surface area contributed by atoms with Crippen LogP contribution < -0.4 is 5.73 Å². The van der Waals surface area contributed by atoms with Gasteiger partial charge in [-0.1, -0.05) is 79.4 Å². The van der Waals surface area contributed by atoms with Crippen LogP contribution in [0.25, 0.3) is 5.57 Å². The number of halogens is 4. The number of aliphatic imine (C=N–C) groups is 1. The van der Waals surface area contributed by atoms with Crippen LogP contribution in [0, 0.1) is 11.6 Å². The predicted molar refractivity (Wildman–Crippen MR) is 148 cm³/mol. The Morgan fingerprint density at radius 1 is 0.778 bits per heavy atom. The minimum Gasteiger partial charge on any atom is -0.462 e. The van der Waals surface area contributed by atoms with E-state index in [2.05, 4.69) is 43.4 Å². The third-order valence-corrected chi connectivity index (χ3v) is 6.98. The van der Waals surface area contributed by atoms with E-state index in [1.165, 1.54) is 12.1 Å². The molecule has 0 radical (unpaired) electrons. The summed E-state index contributed by atoms with van der Waals surface area (Å²) in [6.07, 6.45) is 0. The van der Waals surface area contributed by atoms with Crippen LogP contribution in [-0.2, 0) is 10.3 Å². The van der Waals surface area contributed by atoms with Crippen molar-refractivity contribution in [3.8, 4) is 0 Å². The lowest BCUT2D eigenvalue weighted by molar-refractivity contribution is 0.278. The molecule has 182 valence electrons. The maximum atomic E-state index is 13.5. The van der Waals surface area contributed by atoms with Crippen molar-refractivity contribution in [1.29, 1.82) is 0 Å². The predicted octanol–water partition coefficient (Wildman–Crippen LogP) is 7.83. The zero-order valence-electron chi connectivity index (χ0n) is 19.1. The van der Waals surface area contributed by atoms with Crippen molar-refractivity contribution in [2.24, 2.45) is 10.7 Å². The molecule has 4 aromatic carbocycles. The van der Waals surface area contributed by atoms with Gasteiger partial charge in [0.1, 0.15) is 18.2 Å². The molecule has 1 aliphatic rings. The summed E-state index contributed by atoms with van der Waals surface area (Å²) in [7, 11) is 0. The Hall–Kier alpha value is -3.29. The van der Waals surface area contributed by atoms with Crippen LogP contribution in [0.3, 0.4) is 0 Å². The van der Waals surface area contributed by atoms with Gasteiger partial charge in [-0.25, -0.2) is 13.8 Å². The van der Waals surface area contributed by atoms with Crippen molar-refractivity contribution in [3.05, 3.63) is 146 Å². The van der Waals surface area contributed by atoms with Crippen molar-refractivity contribution in [2.75, 3.05) is 6.61 Å². The van der Waals surface area contributed by atoms with Gasteiger partial charge in [0.25, 0.3) is 6.02 Å². The molecule has 2 N–H and O–H groups in total. The van der Waals surface area contributed by atoms with E-state index in [9.17, 15) is 8.78 Å². The number of nitrogens with two attached hydrogens (primary N) is 1. The van der Waals surface area contributed by atoms with E-state index < -0.39 is 5.54 Å². The third kappa shape index (κ3) is 5.58. The number of hydrogen-bond donors (Lipinski definition) is 1. The molecular weight excluding hydrogens is 590 g/mol. The molecule has 0 saturated carbocycles. The van der Waals surface area contributed by atoms with Crippen LogP contribution >= 0.6 is 31.9 Å². The van der Waals surface area contributed by atoms with Crippen LogP contribution in [0.15, 0.2) is 118 Å². The molecule has 0 bridgehead atoms. The topological polar surface area (TPSA) is 47.6 Å². The van der Waals surface area contributed by atoms with Gasteiger partial charge in [-0.2, -0.15) is 0 Å². The van der Waals surface area contributed by atoms with Crippen LogP contribution in [0.4, 0.5) is 8.78 Å². The second-order valence-electron chi connectivity index (χ2n) is 8.07. The molecule has 1 aliphatic heterocycles. The van der Waals surface area contributed by atoms with Gasteiger partial charge >= 0.3 is 0 Å². The minimum absolute atomic E-state index is 0.148. The molecule has 0 aliphatic carbocycles. The summed E-state index contributed by atoms with van der Waals surface area (Å²) < 4.78 is 32.8. The van der Waals surface area contributed by atoms with Gasteiger partial charge in [0.05, 0.1) is 8.95 Å². The first-order chi connectivity index (χ1) is 17.3. The summed E-state index contributed by atoms with van der Waals surface area (Å²) in [4.78, 5) is 4.46. The molecule has 0 amide bonds. The fourth-order valence-corrected chi connectivity index (χ4v) is 4.61. The fraction of sp³-hybridized carbons (Fsp3) is 0.0690. The number of benzene rings is 4. The second-order valence-corrected chi connectivity index (χ2v) is 9.78. The van der Waals surface area contributed by atoms with Crippen molar-refractivity contribution in [1.82, 2.24) is 0 Å². The average molecular weight is 612 g/mol. The maximum absolute atomic E-state index is 13.5. The zero-order valence-corrected chi connectivity index (χ0v) is 22.3. The normalized spacial score (nSPS) is 16.4. The Bertz CT molecular complexity index is 1410. The summed E-state index contributed by atoms with van der Waals surface area (Å²) in [6.45, 7) is 4.33. The smallest absolute Gasteiger partial charge is 0.283 e. The van der Waals surface area contributed by atoms with Gasteiger partial charge in [0.2, 0.25) is 0 Å². The number of rotatable bonds is 4. The zero-order chi connectivity index (χ0) is 25.7. The number of amidine groups is 1. The molecule has 0 saturated heterocycles. The molecule has 1 heterocycles. The fourth-order valence-electron chi connectivity index (χ4n) is 3.85. The minimum atomic E-state index is -0.721. The van der Waals surface area contributed by atoms with Gasteiger partial charge in [-0.3, -0.25) is 0 Å². The molecule has 4 aromatic rings. The Morgan fingerprint density at radius 3 is 1.92 bits per heavy atom. The summed E-state index contributed by atoms with van der Waals surface area (Å²) in [5.74, 6) is -0.572. The molecule has 7 heteroatoms. The van der Waals surface area contributed by atoms with Crippen molar-refractivity contribution in [3.63, 3.8) is 0 Å². The highest BCUT2D eigenvalue weighted by molar-refractivity contribution is 9.10. The van der Waals surface area contributed by atoms with Crippen molar-refractivity contribution < 1.29 is 13.5 Å². The first-order valence-corrected chi connectivity index (χ1v) is 12.6.